The highest BCUT2D eigenvalue weighted by Crippen LogP contribution is 2.18. The summed E-state index contributed by atoms with van der Waals surface area (Å²) in [6, 6.07) is -0.410. The maximum Gasteiger partial charge on any atom is 0.325 e. The standard InChI is InChI=1S/C13H19N5O3S/c1-4-9-16-17-11(22-9)14-8(19)6-5-7-18-10(20)13(2,3)15-12(18)21/h4-7H2,1-3H3,(H,15,21)(H,14,17,19). The van der Waals surface area contributed by atoms with E-state index in [2.05, 4.69) is 20.8 Å². The molecule has 0 unspecified atom stereocenters. The number of aromatic nitrogens is 2. The summed E-state index contributed by atoms with van der Waals surface area (Å²) in [4.78, 5) is 36.6. The van der Waals surface area contributed by atoms with Gasteiger partial charge in [0.15, 0.2) is 0 Å². The van der Waals surface area contributed by atoms with Crippen LogP contribution in [0, 0.1) is 0 Å². The zero-order valence-electron chi connectivity index (χ0n) is 12.8. The first-order valence-electron chi connectivity index (χ1n) is 7.10. The molecule has 1 aliphatic heterocycles. The third-order valence-electron chi connectivity index (χ3n) is 3.25. The molecule has 1 fully saturated rings. The first-order valence-corrected chi connectivity index (χ1v) is 7.91. The molecule has 1 saturated heterocycles. The summed E-state index contributed by atoms with van der Waals surface area (Å²) in [5, 5.41) is 14.4. The predicted molar refractivity (Wildman–Crippen MR) is 81.5 cm³/mol. The third-order valence-corrected chi connectivity index (χ3v) is 4.23. The Morgan fingerprint density at radius 3 is 2.64 bits per heavy atom. The van der Waals surface area contributed by atoms with Crippen molar-refractivity contribution in [3.8, 4) is 0 Å². The summed E-state index contributed by atoms with van der Waals surface area (Å²) < 4.78 is 0. The molecule has 0 atom stereocenters. The zero-order chi connectivity index (χ0) is 16.3. The molecule has 8 nitrogen and oxygen atoms in total. The number of anilines is 1. The van der Waals surface area contributed by atoms with Crippen LogP contribution in [-0.2, 0) is 16.0 Å². The predicted octanol–water partition coefficient (Wildman–Crippen LogP) is 1.15. The Hall–Kier alpha value is -2.03. The second-order valence-corrected chi connectivity index (χ2v) is 6.58. The number of carbonyl (C=O) groups is 3. The van der Waals surface area contributed by atoms with E-state index in [1.54, 1.807) is 13.8 Å². The van der Waals surface area contributed by atoms with Crippen molar-refractivity contribution in [2.24, 2.45) is 0 Å². The second-order valence-electron chi connectivity index (χ2n) is 5.52. The zero-order valence-corrected chi connectivity index (χ0v) is 13.6. The van der Waals surface area contributed by atoms with E-state index >= 15 is 0 Å². The Kier molecular flexibility index (Phi) is 4.74. The molecule has 0 radical (unpaired) electrons. The van der Waals surface area contributed by atoms with Crippen LogP contribution in [-0.4, -0.2) is 45.0 Å². The quantitative estimate of drug-likeness (QED) is 0.764. The lowest BCUT2D eigenvalue weighted by molar-refractivity contribution is -0.130. The van der Waals surface area contributed by atoms with Crippen molar-refractivity contribution in [3.63, 3.8) is 0 Å². The topological polar surface area (TPSA) is 104 Å². The summed E-state index contributed by atoms with van der Waals surface area (Å²) in [7, 11) is 0. The van der Waals surface area contributed by atoms with Gasteiger partial charge in [0.2, 0.25) is 11.0 Å². The van der Waals surface area contributed by atoms with Gasteiger partial charge in [-0.2, -0.15) is 0 Å². The minimum atomic E-state index is -0.873. The van der Waals surface area contributed by atoms with Crippen LogP contribution in [0.1, 0.15) is 38.6 Å². The highest BCUT2D eigenvalue weighted by atomic mass is 32.1. The van der Waals surface area contributed by atoms with E-state index < -0.39 is 11.6 Å². The fraction of sp³-hybridized carbons (Fsp3) is 0.615. The molecular weight excluding hydrogens is 306 g/mol. The minimum Gasteiger partial charge on any atom is -0.324 e. The summed E-state index contributed by atoms with van der Waals surface area (Å²) >= 11 is 1.34. The minimum absolute atomic E-state index is 0.204. The molecule has 0 aliphatic carbocycles. The number of imide groups is 1. The smallest absolute Gasteiger partial charge is 0.324 e. The highest BCUT2D eigenvalue weighted by Gasteiger charge is 2.43. The summed E-state index contributed by atoms with van der Waals surface area (Å²) in [6.07, 6.45) is 1.38. The molecule has 1 aliphatic rings. The number of nitrogens with zero attached hydrogens (tertiary/aromatic N) is 3. The van der Waals surface area contributed by atoms with Crippen LogP contribution in [0.15, 0.2) is 0 Å². The Labute approximate surface area is 132 Å². The molecule has 4 amide bonds. The van der Waals surface area contributed by atoms with E-state index in [1.165, 1.54) is 11.3 Å². The van der Waals surface area contributed by atoms with Gasteiger partial charge in [-0.25, -0.2) is 4.79 Å². The lowest BCUT2D eigenvalue weighted by atomic mass is 10.1. The first kappa shape index (κ1) is 16.3. The molecule has 0 bridgehead atoms. The van der Waals surface area contributed by atoms with Crippen LogP contribution in [0.2, 0.25) is 0 Å². The third kappa shape index (κ3) is 3.59. The fourth-order valence-electron chi connectivity index (χ4n) is 2.05. The van der Waals surface area contributed by atoms with E-state index in [9.17, 15) is 14.4 Å². The monoisotopic (exact) mass is 325 g/mol. The van der Waals surface area contributed by atoms with Gasteiger partial charge in [-0.3, -0.25) is 14.5 Å². The number of nitrogens with one attached hydrogen (secondary N) is 2. The second kappa shape index (κ2) is 6.39. The molecule has 0 saturated carbocycles. The molecule has 9 heteroatoms. The van der Waals surface area contributed by atoms with Gasteiger partial charge in [-0.15, -0.1) is 10.2 Å². The van der Waals surface area contributed by atoms with Gasteiger partial charge in [0, 0.05) is 13.0 Å². The molecule has 0 aromatic carbocycles. The molecule has 2 heterocycles. The fourth-order valence-corrected chi connectivity index (χ4v) is 2.74. The van der Waals surface area contributed by atoms with E-state index in [1.807, 2.05) is 6.92 Å². The molecule has 2 N–H and O–H groups in total. The van der Waals surface area contributed by atoms with Crippen molar-refractivity contribution in [1.29, 1.82) is 0 Å². The van der Waals surface area contributed by atoms with Crippen molar-refractivity contribution in [2.75, 3.05) is 11.9 Å². The van der Waals surface area contributed by atoms with Crippen molar-refractivity contribution in [3.05, 3.63) is 5.01 Å². The summed E-state index contributed by atoms with van der Waals surface area (Å²) in [5.41, 5.74) is -0.873. The molecule has 1 aromatic heterocycles. The van der Waals surface area contributed by atoms with Crippen LogP contribution in [0.25, 0.3) is 0 Å². The van der Waals surface area contributed by atoms with Gasteiger partial charge in [0.25, 0.3) is 5.91 Å². The van der Waals surface area contributed by atoms with Crippen LogP contribution in [0.5, 0.6) is 0 Å². The number of amides is 4. The van der Waals surface area contributed by atoms with E-state index in [0.717, 1.165) is 16.3 Å². The maximum absolute atomic E-state index is 12.0. The molecule has 2 rings (SSSR count). The summed E-state index contributed by atoms with van der Waals surface area (Å²) in [5.74, 6) is -0.472. The van der Waals surface area contributed by atoms with Crippen molar-refractivity contribution >= 4 is 34.3 Å². The van der Waals surface area contributed by atoms with Crippen LogP contribution >= 0.6 is 11.3 Å². The average molecular weight is 325 g/mol. The van der Waals surface area contributed by atoms with Crippen molar-refractivity contribution < 1.29 is 14.4 Å². The van der Waals surface area contributed by atoms with Gasteiger partial charge in [-0.1, -0.05) is 18.3 Å². The lowest BCUT2D eigenvalue weighted by Gasteiger charge is -2.15. The number of carbonyl (C=O) groups excluding carboxylic acids is 3. The van der Waals surface area contributed by atoms with Crippen LogP contribution in [0.4, 0.5) is 9.93 Å². The Morgan fingerprint density at radius 2 is 2.09 bits per heavy atom. The lowest BCUT2D eigenvalue weighted by Crippen LogP contribution is -2.40. The van der Waals surface area contributed by atoms with E-state index in [4.69, 9.17) is 0 Å². The molecular formula is C13H19N5O3S. The largest absolute Gasteiger partial charge is 0.325 e. The Bertz CT molecular complexity index is 598. The SMILES string of the molecule is CCc1nnc(NC(=O)CCCN2C(=O)NC(C)(C)C2=O)s1. The number of hydrogen-bond acceptors (Lipinski definition) is 6. The van der Waals surface area contributed by atoms with Gasteiger partial charge in [-0.05, 0) is 26.7 Å². The van der Waals surface area contributed by atoms with Gasteiger partial charge in [0.1, 0.15) is 10.5 Å². The van der Waals surface area contributed by atoms with Crippen molar-refractivity contribution in [2.45, 2.75) is 45.6 Å². The Morgan fingerprint density at radius 1 is 1.36 bits per heavy atom. The Balaban J connectivity index is 1.78. The normalized spacial score (nSPS) is 16.8. The average Bonchev–Trinajstić information content (AvgIpc) is 2.96. The number of rotatable bonds is 6. The maximum atomic E-state index is 12.0. The van der Waals surface area contributed by atoms with Crippen LogP contribution in [0.3, 0.4) is 0 Å². The summed E-state index contributed by atoms with van der Waals surface area (Å²) in [6.45, 7) is 5.49. The molecule has 0 spiro atoms. The van der Waals surface area contributed by atoms with Gasteiger partial charge in [0.05, 0.1) is 0 Å². The number of urea groups is 1. The molecule has 120 valence electrons. The first-order chi connectivity index (χ1) is 10.3. The number of hydrogen-bond donors (Lipinski definition) is 2. The van der Waals surface area contributed by atoms with Crippen molar-refractivity contribution in [1.82, 2.24) is 20.4 Å². The number of aryl methyl sites for hydroxylation is 1. The highest BCUT2D eigenvalue weighted by molar-refractivity contribution is 7.15. The van der Waals surface area contributed by atoms with E-state index in [-0.39, 0.29) is 24.8 Å². The van der Waals surface area contributed by atoms with Crippen LogP contribution < -0.4 is 10.6 Å². The van der Waals surface area contributed by atoms with Gasteiger partial charge < -0.3 is 10.6 Å². The molecule has 1 aromatic rings. The van der Waals surface area contributed by atoms with Gasteiger partial charge >= 0.3 is 6.03 Å². The van der Waals surface area contributed by atoms with E-state index in [0.29, 0.717) is 11.6 Å². The molecule has 22 heavy (non-hydrogen) atoms.